The Balaban J connectivity index is 1.86. The lowest BCUT2D eigenvalue weighted by Crippen LogP contribution is -2.40. The van der Waals surface area contributed by atoms with Gasteiger partial charge in [0.25, 0.3) is 0 Å². The lowest BCUT2D eigenvalue weighted by molar-refractivity contribution is 0.00524. The number of hydrogen-bond acceptors (Lipinski definition) is 3. The Kier molecular flexibility index (Phi) is 5.17. The van der Waals surface area contributed by atoms with Gasteiger partial charge in [0, 0.05) is 12.6 Å². The van der Waals surface area contributed by atoms with Gasteiger partial charge in [-0.2, -0.15) is 0 Å². The number of hydrogen-bond donors (Lipinski definition) is 2. The van der Waals surface area contributed by atoms with E-state index in [0.717, 1.165) is 19.4 Å². The Labute approximate surface area is 110 Å². The van der Waals surface area contributed by atoms with E-state index >= 15 is 0 Å². The van der Waals surface area contributed by atoms with Crippen molar-refractivity contribution in [2.24, 2.45) is 5.84 Å². The normalized spacial score (nSPS) is 21.8. The topological polar surface area (TPSA) is 47.3 Å². The van der Waals surface area contributed by atoms with E-state index in [9.17, 15) is 0 Å². The highest BCUT2D eigenvalue weighted by Crippen LogP contribution is 2.18. The summed E-state index contributed by atoms with van der Waals surface area (Å²) in [5, 5.41) is 0. The van der Waals surface area contributed by atoms with Gasteiger partial charge in [0.1, 0.15) is 0 Å². The van der Waals surface area contributed by atoms with Crippen molar-refractivity contribution in [2.45, 2.75) is 51.2 Å². The molecule has 2 unspecified atom stereocenters. The lowest BCUT2D eigenvalue weighted by Gasteiger charge is -2.26. The summed E-state index contributed by atoms with van der Waals surface area (Å²) in [5.41, 5.74) is 5.56. The highest BCUT2D eigenvalue weighted by atomic mass is 16.5. The average Bonchev–Trinajstić information content (AvgIpc) is 2.41. The van der Waals surface area contributed by atoms with E-state index < -0.39 is 0 Å². The van der Waals surface area contributed by atoms with Gasteiger partial charge in [0.05, 0.1) is 6.10 Å². The van der Waals surface area contributed by atoms with Gasteiger partial charge < -0.3 is 4.74 Å². The first-order chi connectivity index (χ1) is 8.78. The van der Waals surface area contributed by atoms with Crippen molar-refractivity contribution in [1.29, 1.82) is 0 Å². The van der Waals surface area contributed by atoms with Crippen LogP contribution in [0.25, 0.3) is 0 Å². The highest BCUT2D eigenvalue weighted by Gasteiger charge is 2.19. The van der Waals surface area contributed by atoms with E-state index in [-0.39, 0.29) is 0 Å². The van der Waals surface area contributed by atoms with Gasteiger partial charge in [-0.1, -0.05) is 29.8 Å². The van der Waals surface area contributed by atoms with Crippen molar-refractivity contribution in [3.63, 3.8) is 0 Å². The number of nitrogens with two attached hydrogens (primary N) is 1. The molecule has 1 heterocycles. The Morgan fingerprint density at radius 2 is 2.11 bits per heavy atom. The number of nitrogens with one attached hydrogen (secondary N) is 1. The summed E-state index contributed by atoms with van der Waals surface area (Å²) in [4.78, 5) is 0. The van der Waals surface area contributed by atoms with Gasteiger partial charge >= 0.3 is 0 Å². The van der Waals surface area contributed by atoms with E-state index in [1.807, 2.05) is 0 Å². The van der Waals surface area contributed by atoms with Crippen LogP contribution in [-0.2, 0) is 11.2 Å². The molecule has 0 bridgehead atoms. The first kappa shape index (κ1) is 13.5. The number of ether oxygens (including phenoxy) is 1. The third kappa shape index (κ3) is 4.09. The van der Waals surface area contributed by atoms with Gasteiger partial charge in [-0.25, -0.2) is 0 Å². The molecule has 3 N–H and O–H groups in total. The molecule has 1 aromatic carbocycles. The molecule has 18 heavy (non-hydrogen) atoms. The molecular formula is C15H24N2O. The van der Waals surface area contributed by atoms with Crippen molar-refractivity contribution in [1.82, 2.24) is 5.43 Å². The Morgan fingerprint density at radius 3 is 2.72 bits per heavy atom. The smallest absolute Gasteiger partial charge is 0.0590 e. The maximum Gasteiger partial charge on any atom is 0.0590 e. The highest BCUT2D eigenvalue weighted by molar-refractivity contribution is 5.22. The van der Waals surface area contributed by atoms with Crippen LogP contribution in [0.4, 0.5) is 0 Å². The SMILES string of the molecule is Cc1ccc(CC(CC2CCCCO2)NN)cc1. The summed E-state index contributed by atoms with van der Waals surface area (Å²) >= 11 is 0. The fourth-order valence-electron chi connectivity index (χ4n) is 2.53. The number of benzene rings is 1. The zero-order valence-corrected chi connectivity index (χ0v) is 11.2. The van der Waals surface area contributed by atoms with Crippen LogP contribution in [0.3, 0.4) is 0 Å². The molecule has 0 aromatic heterocycles. The molecular weight excluding hydrogens is 224 g/mol. The Hall–Kier alpha value is -0.900. The fourth-order valence-corrected chi connectivity index (χ4v) is 2.53. The van der Waals surface area contributed by atoms with Crippen molar-refractivity contribution in [3.8, 4) is 0 Å². The van der Waals surface area contributed by atoms with Crippen LogP contribution < -0.4 is 11.3 Å². The zero-order chi connectivity index (χ0) is 12.8. The summed E-state index contributed by atoms with van der Waals surface area (Å²) in [7, 11) is 0. The molecule has 2 atom stereocenters. The van der Waals surface area contributed by atoms with E-state index in [1.165, 1.54) is 30.4 Å². The fraction of sp³-hybridized carbons (Fsp3) is 0.600. The van der Waals surface area contributed by atoms with Crippen molar-refractivity contribution in [2.75, 3.05) is 6.61 Å². The van der Waals surface area contributed by atoms with Crippen LogP contribution in [0.1, 0.15) is 36.8 Å². The minimum Gasteiger partial charge on any atom is -0.378 e. The summed E-state index contributed by atoms with van der Waals surface area (Å²) in [6, 6.07) is 8.97. The molecule has 0 aliphatic carbocycles. The molecule has 1 saturated heterocycles. The standard InChI is InChI=1S/C15H24N2O/c1-12-5-7-13(8-6-12)10-14(17-16)11-15-4-2-3-9-18-15/h5-8,14-15,17H,2-4,9-11,16H2,1H3. The maximum atomic E-state index is 5.77. The van der Waals surface area contributed by atoms with E-state index in [2.05, 4.69) is 36.6 Å². The molecule has 1 fully saturated rings. The largest absolute Gasteiger partial charge is 0.378 e. The van der Waals surface area contributed by atoms with Crippen LogP contribution in [0.2, 0.25) is 0 Å². The van der Waals surface area contributed by atoms with E-state index in [4.69, 9.17) is 10.6 Å². The number of hydrazine groups is 1. The summed E-state index contributed by atoms with van der Waals surface area (Å²) in [6.07, 6.45) is 6.01. The lowest BCUT2D eigenvalue weighted by atomic mass is 9.97. The second kappa shape index (κ2) is 6.88. The van der Waals surface area contributed by atoms with E-state index in [0.29, 0.717) is 12.1 Å². The van der Waals surface area contributed by atoms with Gasteiger partial charge in [-0.3, -0.25) is 11.3 Å². The molecule has 1 aromatic rings. The molecule has 0 radical (unpaired) electrons. The summed E-state index contributed by atoms with van der Waals surface area (Å²) < 4.78 is 5.77. The molecule has 0 amide bonds. The molecule has 3 nitrogen and oxygen atoms in total. The molecule has 2 rings (SSSR count). The van der Waals surface area contributed by atoms with Crippen LogP contribution in [0.15, 0.2) is 24.3 Å². The number of aryl methyl sites for hydroxylation is 1. The third-order valence-electron chi connectivity index (χ3n) is 3.66. The first-order valence-electron chi connectivity index (χ1n) is 6.91. The zero-order valence-electron chi connectivity index (χ0n) is 11.2. The second-order valence-corrected chi connectivity index (χ2v) is 5.28. The first-order valence-corrected chi connectivity index (χ1v) is 6.91. The van der Waals surface area contributed by atoms with Gasteiger partial charge in [0.2, 0.25) is 0 Å². The average molecular weight is 248 g/mol. The quantitative estimate of drug-likeness (QED) is 0.621. The van der Waals surface area contributed by atoms with Crippen LogP contribution in [0, 0.1) is 6.92 Å². The Morgan fingerprint density at radius 1 is 1.33 bits per heavy atom. The number of rotatable bonds is 5. The molecule has 1 aliphatic heterocycles. The van der Waals surface area contributed by atoms with Gasteiger partial charge in [0.15, 0.2) is 0 Å². The summed E-state index contributed by atoms with van der Waals surface area (Å²) in [5.74, 6) is 5.66. The molecule has 1 aliphatic rings. The van der Waals surface area contributed by atoms with Gasteiger partial charge in [-0.05, 0) is 44.6 Å². The predicted molar refractivity (Wildman–Crippen MR) is 74.2 cm³/mol. The summed E-state index contributed by atoms with van der Waals surface area (Å²) in [6.45, 7) is 3.02. The van der Waals surface area contributed by atoms with Gasteiger partial charge in [-0.15, -0.1) is 0 Å². The van der Waals surface area contributed by atoms with Crippen LogP contribution in [-0.4, -0.2) is 18.8 Å². The molecule has 3 heteroatoms. The third-order valence-corrected chi connectivity index (χ3v) is 3.66. The maximum absolute atomic E-state index is 5.77. The van der Waals surface area contributed by atoms with Crippen molar-refractivity contribution in [3.05, 3.63) is 35.4 Å². The second-order valence-electron chi connectivity index (χ2n) is 5.28. The van der Waals surface area contributed by atoms with E-state index in [1.54, 1.807) is 0 Å². The monoisotopic (exact) mass is 248 g/mol. The van der Waals surface area contributed by atoms with Crippen molar-refractivity contribution < 1.29 is 4.74 Å². The minimum absolute atomic E-state index is 0.302. The molecule has 0 spiro atoms. The van der Waals surface area contributed by atoms with Crippen LogP contribution >= 0.6 is 0 Å². The molecule has 100 valence electrons. The van der Waals surface area contributed by atoms with Crippen LogP contribution in [0.5, 0.6) is 0 Å². The molecule has 0 saturated carbocycles. The minimum atomic E-state index is 0.302. The predicted octanol–water partition coefficient (Wildman–Crippen LogP) is 2.33. The van der Waals surface area contributed by atoms with Crippen molar-refractivity contribution >= 4 is 0 Å². The Bertz CT molecular complexity index is 344.